The molecule has 2 aromatic heterocycles. The molecule has 4 aromatic rings. The van der Waals surface area contributed by atoms with Crippen molar-refractivity contribution in [3.63, 3.8) is 0 Å². The number of methoxy groups -OCH3 is 2. The Morgan fingerprint density at radius 1 is 1.02 bits per heavy atom. The molecule has 0 spiro atoms. The van der Waals surface area contributed by atoms with E-state index in [0.717, 1.165) is 41.0 Å². The summed E-state index contributed by atoms with van der Waals surface area (Å²) in [6, 6.07) is 9.07. The van der Waals surface area contributed by atoms with Gasteiger partial charge in [-0.05, 0) is 43.9 Å². The van der Waals surface area contributed by atoms with Crippen molar-refractivity contribution < 1.29 is 28.3 Å². The van der Waals surface area contributed by atoms with E-state index in [4.69, 9.17) is 46.9 Å². The maximum absolute atomic E-state index is 13.7. The largest absolute Gasteiger partial charge is 0.496 e. The number of piperidine rings is 1. The number of carbonyl (C=O) groups excluding carboxylic acids is 2. The molecule has 218 valence electrons. The third-order valence-electron chi connectivity index (χ3n) is 8.36. The van der Waals surface area contributed by atoms with E-state index in [1.165, 1.54) is 25.6 Å². The van der Waals surface area contributed by atoms with Gasteiger partial charge in [-0.15, -0.1) is 0 Å². The highest BCUT2D eigenvalue weighted by molar-refractivity contribution is 7.22. The Labute approximate surface area is 255 Å². The van der Waals surface area contributed by atoms with E-state index >= 15 is 0 Å². The number of hydrogen-bond acceptors (Lipinski definition) is 10. The molecule has 0 radical (unpaired) electrons. The van der Waals surface area contributed by atoms with Crippen LogP contribution in [0.2, 0.25) is 10.0 Å². The van der Waals surface area contributed by atoms with E-state index < -0.39 is 11.9 Å². The number of carbonyl (C=O) groups is 2. The number of halogens is 2. The van der Waals surface area contributed by atoms with Crippen molar-refractivity contribution in [1.82, 2.24) is 10.1 Å². The van der Waals surface area contributed by atoms with Crippen LogP contribution < -0.4 is 9.64 Å². The molecule has 42 heavy (non-hydrogen) atoms. The number of benzene rings is 2. The monoisotopic (exact) mass is 627 g/mol. The molecule has 1 saturated carbocycles. The SMILES string of the molecule is COC(=O)c1cc2sc(N3[C@@H]4CC[C@H]3CC(OC(=O)c3c(-c5c(Cl)cccc5Cl)noc3C3CC3)C4)nc2cc1OC. The zero-order valence-corrected chi connectivity index (χ0v) is 25.2. The van der Waals surface area contributed by atoms with Crippen molar-refractivity contribution in [3.8, 4) is 17.0 Å². The lowest BCUT2D eigenvalue weighted by Gasteiger charge is -2.38. The van der Waals surface area contributed by atoms with Gasteiger partial charge in [0.05, 0.1) is 34.5 Å². The van der Waals surface area contributed by atoms with Crippen molar-refractivity contribution in [1.29, 1.82) is 0 Å². The lowest BCUT2D eigenvalue weighted by atomic mass is 9.99. The molecule has 3 fully saturated rings. The van der Waals surface area contributed by atoms with Crippen LogP contribution in [0.4, 0.5) is 5.13 Å². The highest BCUT2D eigenvalue weighted by Crippen LogP contribution is 2.47. The molecule has 2 aromatic carbocycles. The normalized spacial score (nSPS) is 21.5. The molecule has 7 rings (SSSR count). The average molecular weight is 629 g/mol. The Hall–Kier alpha value is -3.34. The molecule has 2 aliphatic heterocycles. The molecule has 3 aliphatic rings. The molecular formula is C30H27Cl2N3O6S. The fraction of sp³-hybridized carbons (Fsp3) is 0.400. The van der Waals surface area contributed by atoms with Gasteiger partial charge in [-0.2, -0.15) is 0 Å². The predicted molar refractivity (Wildman–Crippen MR) is 159 cm³/mol. The van der Waals surface area contributed by atoms with Crippen LogP contribution in [0.5, 0.6) is 5.75 Å². The summed E-state index contributed by atoms with van der Waals surface area (Å²) in [4.78, 5) is 33.3. The Morgan fingerprint density at radius 3 is 2.38 bits per heavy atom. The first-order valence-electron chi connectivity index (χ1n) is 13.9. The van der Waals surface area contributed by atoms with Gasteiger partial charge in [-0.25, -0.2) is 14.6 Å². The zero-order chi connectivity index (χ0) is 29.1. The number of anilines is 1. The quantitative estimate of drug-likeness (QED) is 0.195. The molecule has 2 bridgehead atoms. The van der Waals surface area contributed by atoms with Crippen LogP contribution in [-0.2, 0) is 9.47 Å². The Morgan fingerprint density at radius 2 is 1.74 bits per heavy atom. The standard InChI is InChI=1S/C30H27Cl2N3O6S/c1-38-22-13-21-23(12-18(22)28(36)39-2)42-30(33-21)35-15-8-9-16(35)11-17(10-15)40-29(37)25-26(34-41-27(25)14-6-7-14)24-19(31)4-3-5-20(24)32/h3-5,12-17H,6-11H2,1-2H3/t15-,16+,17?. The maximum Gasteiger partial charge on any atom is 0.344 e. The molecule has 1 aliphatic carbocycles. The first kappa shape index (κ1) is 27.5. The van der Waals surface area contributed by atoms with Crippen molar-refractivity contribution in [2.45, 2.75) is 62.6 Å². The van der Waals surface area contributed by atoms with Gasteiger partial charge in [0.1, 0.15) is 28.7 Å². The Balaban J connectivity index is 1.13. The number of ether oxygens (including phenoxy) is 3. The van der Waals surface area contributed by atoms with Gasteiger partial charge in [-0.1, -0.05) is 45.8 Å². The minimum absolute atomic E-state index is 0.144. The van der Waals surface area contributed by atoms with Gasteiger partial charge < -0.3 is 23.6 Å². The molecule has 12 heteroatoms. The minimum Gasteiger partial charge on any atom is -0.496 e. The van der Waals surface area contributed by atoms with Crippen molar-refractivity contribution in [3.05, 3.63) is 57.3 Å². The van der Waals surface area contributed by atoms with Crippen LogP contribution in [0.15, 0.2) is 34.9 Å². The van der Waals surface area contributed by atoms with E-state index in [1.54, 1.807) is 30.3 Å². The molecule has 4 heterocycles. The number of fused-ring (bicyclic) bond motifs is 3. The fourth-order valence-corrected chi connectivity index (χ4v) is 7.96. The van der Waals surface area contributed by atoms with E-state index in [9.17, 15) is 9.59 Å². The molecule has 9 nitrogen and oxygen atoms in total. The van der Waals surface area contributed by atoms with Crippen LogP contribution in [0.25, 0.3) is 21.5 Å². The highest BCUT2D eigenvalue weighted by atomic mass is 35.5. The Bertz CT molecular complexity index is 1680. The lowest BCUT2D eigenvalue weighted by molar-refractivity contribution is 0.0202. The summed E-state index contributed by atoms with van der Waals surface area (Å²) in [6.07, 6.45) is 4.93. The first-order valence-corrected chi connectivity index (χ1v) is 15.4. The second kappa shape index (κ2) is 10.7. The van der Waals surface area contributed by atoms with Crippen LogP contribution in [0.3, 0.4) is 0 Å². The smallest absolute Gasteiger partial charge is 0.344 e. The van der Waals surface area contributed by atoms with Gasteiger partial charge in [0, 0.05) is 42.5 Å². The van der Waals surface area contributed by atoms with E-state index in [0.29, 0.717) is 56.8 Å². The van der Waals surface area contributed by atoms with E-state index in [1.807, 2.05) is 0 Å². The second-order valence-corrected chi connectivity index (χ2v) is 12.8. The molecule has 0 amide bonds. The zero-order valence-electron chi connectivity index (χ0n) is 22.9. The number of thiazole rings is 1. The van der Waals surface area contributed by atoms with Gasteiger partial charge >= 0.3 is 11.9 Å². The number of rotatable bonds is 7. The van der Waals surface area contributed by atoms with Gasteiger partial charge in [0.15, 0.2) is 10.9 Å². The average Bonchev–Trinajstić information content (AvgIpc) is 3.50. The molecular weight excluding hydrogens is 601 g/mol. The molecule has 0 N–H and O–H groups in total. The van der Waals surface area contributed by atoms with Gasteiger partial charge in [0.2, 0.25) is 0 Å². The van der Waals surface area contributed by atoms with Crippen molar-refractivity contribution >= 4 is 61.8 Å². The van der Waals surface area contributed by atoms with Crippen LogP contribution in [0, 0.1) is 0 Å². The van der Waals surface area contributed by atoms with Crippen LogP contribution in [0.1, 0.15) is 70.9 Å². The van der Waals surface area contributed by atoms with Gasteiger partial charge in [-0.3, -0.25) is 0 Å². The third-order valence-corrected chi connectivity index (χ3v) is 10.0. The summed E-state index contributed by atoms with van der Waals surface area (Å²) >= 11 is 14.5. The lowest BCUT2D eigenvalue weighted by Crippen LogP contribution is -2.46. The van der Waals surface area contributed by atoms with Gasteiger partial charge in [0.25, 0.3) is 0 Å². The predicted octanol–water partition coefficient (Wildman–Crippen LogP) is 7.29. The number of hydrogen-bond donors (Lipinski definition) is 0. The number of aromatic nitrogens is 2. The fourth-order valence-electron chi connectivity index (χ4n) is 6.26. The summed E-state index contributed by atoms with van der Waals surface area (Å²) in [7, 11) is 2.87. The topological polar surface area (TPSA) is 104 Å². The first-order chi connectivity index (χ1) is 20.4. The summed E-state index contributed by atoms with van der Waals surface area (Å²) in [5, 5.41) is 5.91. The highest BCUT2D eigenvalue weighted by Gasteiger charge is 2.45. The van der Waals surface area contributed by atoms with Crippen LogP contribution in [-0.4, -0.2) is 54.5 Å². The number of esters is 2. The summed E-state index contributed by atoms with van der Waals surface area (Å²) < 4.78 is 23.1. The van der Waals surface area contributed by atoms with E-state index in [2.05, 4.69) is 10.1 Å². The third kappa shape index (κ3) is 4.69. The van der Waals surface area contributed by atoms with Crippen molar-refractivity contribution in [2.24, 2.45) is 0 Å². The molecule has 2 saturated heterocycles. The minimum atomic E-state index is -0.455. The Kier molecular flexibility index (Phi) is 7.03. The number of nitrogens with zero attached hydrogens (tertiary/aromatic N) is 3. The van der Waals surface area contributed by atoms with E-state index in [-0.39, 0.29) is 24.1 Å². The summed E-state index contributed by atoms with van der Waals surface area (Å²) in [5.41, 5.74) is 2.26. The van der Waals surface area contributed by atoms with Crippen LogP contribution >= 0.6 is 34.5 Å². The molecule has 1 unspecified atom stereocenters. The summed E-state index contributed by atoms with van der Waals surface area (Å²) in [6.45, 7) is 0. The second-order valence-electron chi connectivity index (χ2n) is 10.9. The van der Waals surface area contributed by atoms with Crippen molar-refractivity contribution in [2.75, 3.05) is 19.1 Å². The summed E-state index contributed by atoms with van der Waals surface area (Å²) in [5.74, 6) is 0.207. The molecule has 3 atom stereocenters. The maximum atomic E-state index is 13.7.